The standard InChI is InChI=1S/C29H34N4O2/c1-22(28(23-11-5-2-6-12-23)24-13-7-3-8-14-24)30-29(35)32-26-17-19-33(20-18-26)21-27(34)31-25-15-9-4-10-16-25/h2-16,22,26,28H,17-21H2,1H3,(H,31,34)(H2,30,32,35). The molecule has 3 amide bonds. The van der Waals surface area contributed by atoms with Gasteiger partial charge >= 0.3 is 6.03 Å². The van der Waals surface area contributed by atoms with Crippen LogP contribution in [0, 0.1) is 0 Å². The number of anilines is 1. The van der Waals surface area contributed by atoms with E-state index in [2.05, 4.69) is 52.0 Å². The fourth-order valence-corrected chi connectivity index (χ4v) is 4.77. The maximum absolute atomic E-state index is 12.9. The number of amides is 3. The van der Waals surface area contributed by atoms with Crippen LogP contribution in [0.5, 0.6) is 0 Å². The summed E-state index contributed by atoms with van der Waals surface area (Å²) >= 11 is 0. The number of para-hydroxylation sites is 1. The number of urea groups is 1. The zero-order valence-corrected chi connectivity index (χ0v) is 20.2. The summed E-state index contributed by atoms with van der Waals surface area (Å²) in [6.07, 6.45) is 1.64. The molecule has 182 valence electrons. The van der Waals surface area contributed by atoms with Gasteiger partial charge in [0.15, 0.2) is 0 Å². The minimum absolute atomic E-state index is 0.0120. The van der Waals surface area contributed by atoms with Crippen molar-refractivity contribution in [3.8, 4) is 0 Å². The van der Waals surface area contributed by atoms with Gasteiger partial charge < -0.3 is 16.0 Å². The third kappa shape index (κ3) is 7.17. The van der Waals surface area contributed by atoms with Crippen molar-refractivity contribution in [3.05, 3.63) is 102 Å². The molecule has 1 heterocycles. The van der Waals surface area contributed by atoms with Crippen molar-refractivity contribution < 1.29 is 9.59 Å². The minimum Gasteiger partial charge on any atom is -0.335 e. The molecule has 3 N–H and O–H groups in total. The number of carbonyl (C=O) groups is 2. The molecule has 35 heavy (non-hydrogen) atoms. The van der Waals surface area contributed by atoms with Gasteiger partial charge in [-0.15, -0.1) is 0 Å². The molecule has 6 heteroatoms. The first-order valence-electron chi connectivity index (χ1n) is 12.3. The summed E-state index contributed by atoms with van der Waals surface area (Å²) in [5.74, 6) is 0.0511. The lowest BCUT2D eigenvalue weighted by molar-refractivity contribution is -0.117. The summed E-state index contributed by atoms with van der Waals surface area (Å²) in [6, 6.07) is 30.0. The molecule has 1 aliphatic heterocycles. The number of hydrogen-bond donors (Lipinski definition) is 3. The maximum Gasteiger partial charge on any atom is 0.315 e. The first-order valence-corrected chi connectivity index (χ1v) is 12.3. The van der Waals surface area contributed by atoms with E-state index in [0.29, 0.717) is 6.54 Å². The van der Waals surface area contributed by atoms with Crippen LogP contribution in [0.2, 0.25) is 0 Å². The Hall–Kier alpha value is -3.64. The van der Waals surface area contributed by atoms with Crippen LogP contribution < -0.4 is 16.0 Å². The first kappa shape index (κ1) is 24.5. The van der Waals surface area contributed by atoms with Crippen LogP contribution in [-0.2, 0) is 4.79 Å². The predicted octanol–water partition coefficient (Wildman–Crippen LogP) is 4.61. The van der Waals surface area contributed by atoms with Crippen molar-refractivity contribution in [2.75, 3.05) is 25.0 Å². The number of benzene rings is 3. The average Bonchev–Trinajstić information content (AvgIpc) is 2.87. The number of likely N-dealkylation sites (tertiary alicyclic amines) is 1. The SMILES string of the molecule is CC(NC(=O)NC1CCN(CC(=O)Nc2ccccc2)CC1)C(c1ccccc1)c1ccccc1. The molecule has 0 saturated carbocycles. The van der Waals surface area contributed by atoms with E-state index in [9.17, 15) is 9.59 Å². The van der Waals surface area contributed by atoms with Crippen molar-refractivity contribution in [1.29, 1.82) is 0 Å². The molecule has 0 radical (unpaired) electrons. The number of hydrogen-bond acceptors (Lipinski definition) is 3. The van der Waals surface area contributed by atoms with Gasteiger partial charge in [-0.05, 0) is 43.0 Å². The Balaban J connectivity index is 1.26. The molecule has 1 unspecified atom stereocenters. The zero-order valence-electron chi connectivity index (χ0n) is 20.2. The van der Waals surface area contributed by atoms with Gasteiger partial charge in [0.05, 0.1) is 6.54 Å². The summed E-state index contributed by atoms with van der Waals surface area (Å²) in [7, 11) is 0. The average molecular weight is 471 g/mol. The van der Waals surface area contributed by atoms with E-state index in [0.717, 1.165) is 31.6 Å². The summed E-state index contributed by atoms with van der Waals surface area (Å²) < 4.78 is 0. The third-order valence-electron chi connectivity index (χ3n) is 6.52. The predicted molar refractivity (Wildman–Crippen MR) is 140 cm³/mol. The summed E-state index contributed by atoms with van der Waals surface area (Å²) in [6.45, 7) is 3.97. The Morgan fingerprint density at radius 3 is 1.89 bits per heavy atom. The molecule has 3 aromatic rings. The van der Waals surface area contributed by atoms with E-state index in [-0.39, 0.29) is 29.9 Å². The highest BCUT2D eigenvalue weighted by molar-refractivity contribution is 5.92. The van der Waals surface area contributed by atoms with E-state index in [1.807, 2.05) is 66.7 Å². The van der Waals surface area contributed by atoms with Crippen LogP contribution in [0.3, 0.4) is 0 Å². The lowest BCUT2D eigenvalue weighted by atomic mass is 9.86. The van der Waals surface area contributed by atoms with Crippen molar-refractivity contribution in [2.24, 2.45) is 0 Å². The molecular weight excluding hydrogens is 436 g/mol. The van der Waals surface area contributed by atoms with Crippen molar-refractivity contribution in [1.82, 2.24) is 15.5 Å². The smallest absolute Gasteiger partial charge is 0.315 e. The maximum atomic E-state index is 12.9. The Kier molecular flexibility index (Phi) is 8.52. The van der Waals surface area contributed by atoms with E-state index < -0.39 is 0 Å². The van der Waals surface area contributed by atoms with Crippen LogP contribution in [0.1, 0.15) is 36.8 Å². The monoisotopic (exact) mass is 470 g/mol. The molecule has 4 rings (SSSR count). The fourth-order valence-electron chi connectivity index (χ4n) is 4.77. The molecule has 0 spiro atoms. The topological polar surface area (TPSA) is 73.5 Å². The molecule has 0 bridgehead atoms. The van der Waals surface area contributed by atoms with Gasteiger partial charge in [-0.25, -0.2) is 4.79 Å². The van der Waals surface area contributed by atoms with Gasteiger partial charge in [0.2, 0.25) is 5.91 Å². The second-order valence-corrected chi connectivity index (χ2v) is 9.17. The summed E-state index contributed by atoms with van der Waals surface area (Å²) in [5.41, 5.74) is 3.16. The van der Waals surface area contributed by atoms with Gasteiger partial charge in [0, 0.05) is 36.8 Å². The second-order valence-electron chi connectivity index (χ2n) is 9.17. The molecular formula is C29H34N4O2. The van der Waals surface area contributed by atoms with Crippen LogP contribution in [-0.4, -0.2) is 48.6 Å². The van der Waals surface area contributed by atoms with E-state index in [1.54, 1.807) is 0 Å². The Morgan fingerprint density at radius 1 is 0.829 bits per heavy atom. The Bertz CT molecular complexity index is 1030. The Labute approximate surface area is 207 Å². The fraction of sp³-hybridized carbons (Fsp3) is 0.310. The largest absolute Gasteiger partial charge is 0.335 e. The number of piperidine rings is 1. The van der Waals surface area contributed by atoms with Crippen LogP contribution in [0.25, 0.3) is 0 Å². The third-order valence-corrected chi connectivity index (χ3v) is 6.52. The lowest BCUT2D eigenvalue weighted by Gasteiger charge is -2.32. The molecule has 0 aromatic heterocycles. The highest BCUT2D eigenvalue weighted by Crippen LogP contribution is 2.28. The summed E-state index contributed by atoms with van der Waals surface area (Å²) in [4.78, 5) is 27.3. The van der Waals surface area contributed by atoms with Gasteiger partial charge in [-0.1, -0.05) is 78.9 Å². The van der Waals surface area contributed by atoms with Gasteiger partial charge in [0.25, 0.3) is 0 Å². The van der Waals surface area contributed by atoms with Gasteiger partial charge in [0.1, 0.15) is 0 Å². The van der Waals surface area contributed by atoms with Crippen molar-refractivity contribution >= 4 is 17.6 Å². The number of nitrogens with zero attached hydrogens (tertiary/aromatic N) is 1. The molecule has 1 fully saturated rings. The quantitative estimate of drug-likeness (QED) is 0.450. The second kappa shape index (κ2) is 12.2. The number of nitrogens with one attached hydrogen (secondary N) is 3. The molecule has 1 atom stereocenters. The van der Waals surface area contributed by atoms with E-state index >= 15 is 0 Å². The zero-order chi connectivity index (χ0) is 24.5. The van der Waals surface area contributed by atoms with Crippen LogP contribution >= 0.6 is 0 Å². The molecule has 3 aromatic carbocycles. The number of carbonyl (C=O) groups excluding carboxylic acids is 2. The molecule has 0 aliphatic carbocycles. The van der Waals surface area contributed by atoms with Crippen molar-refractivity contribution in [3.63, 3.8) is 0 Å². The normalized spacial score (nSPS) is 15.4. The van der Waals surface area contributed by atoms with Gasteiger partial charge in [-0.2, -0.15) is 0 Å². The minimum atomic E-state index is -0.144. The van der Waals surface area contributed by atoms with Crippen molar-refractivity contribution in [2.45, 2.75) is 37.8 Å². The highest BCUT2D eigenvalue weighted by atomic mass is 16.2. The van der Waals surface area contributed by atoms with Gasteiger partial charge in [-0.3, -0.25) is 9.69 Å². The van der Waals surface area contributed by atoms with Crippen LogP contribution in [0.15, 0.2) is 91.0 Å². The lowest BCUT2D eigenvalue weighted by Crippen LogP contribution is -2.51. The molecule has 6 nitrogen and oxygen atoms in total. The summed E-state index contributed by atoms with van der Waals surface area (Å²) in [5, 5.41) is 9.24. The van der Waals surface area contributed by atoms with E-state index in [4.69, 9.17) is 0 Å². The van der Waals surface area contributed by atoms with Crippen LogP contribution in [0.4, 0.5) is 10.5 Å². The first-order chi connectivity index (χ1) is 17.1. The Morgan fingerprint density at radius 2 is 1.34 bits per heavy atom. The molecule has 1 saturated heterocycles. The number of rotatable bonds is 8. The molecule has 1 aliphatic rings. The van der Waals surface area contributed by atoms with E-state index in [1.165, 1.54) is 11.1 Å². The highest BCUT2D eigenvalue weighted by Gasteiger charge is 2.25.